The van der Waals surface area contributed by atoms with Crippen LogP contribution in [-0.2, 0) is 17.9 Å². The van der Waals surface area contributed by atoms with Crippen LogP contribution in [0.2, 0.25) is 0 Å². The van der Waals surface area contributed by atoms with Crippen LogP contribution in [-0.4, -0.2) is 41.6 Å². The van der Waals surface area contributed by atoms with Gasteiger partial charge in [-0.2, -0.15) is 5.10 Å². The predicted octanol–water partition coefficient (Wildman–Crippen LogP) is 4.11. The molecule has 1 fully saturated rings. The van der Waals surface area contributed by atoms with Crippen molar-refractivity contribution in [2.24, 2.45) is 0 Å². The standard InChI is InChI=1S/C25H27N7OS/c33-24(18-34-25-28-29-30-32(25)22-7-2-3-8-22)26-16-21-6-1-4-9-23(21)20-12-10-19(11-13-20)17-31-15-5-14-27-31/h1,4-6,9-15,22H,2-3,7-8,16-18H2,(H,26,33). The highest BCUT2D eigenvalue weighted by Gasteiger charge is 2.22. The Morgan fingerprint density at radius 2 is 1.88 bits per heavy atom. The second kappa shape index (κ2) is 10.6. The third-order valence-corrected chi connectivity index (χ3v) is 7.06. The van der Waals surface area contributed by atoms with E-state index < -0.39 is 0 Å². The van der Waals surface area contributed by atoms with E-state index in [0.717, 1.165) is 41.2 Å². The number of hydrogen-bond acceptors (Lipinski definition) is 6. The van der Waals surface area contributed by atoms with Crippen LogP contribution in [0.5, 0.6) is 0 Å². The van der Waals surface area contributed by atoms with Gasteiger partial charge < -0.3 is 5.32 Å². The lowest BCUT2D eigenvalue weighted by atomic mass is 9.98. The van der Waals surface area contributed by atoms with Gasteiger partial charge in [0.15, 0.2) is 0 Å². The molecule has 0 aliphatic heterocycles. The minimum atomic E-state index is -0.0321. The number of rotatable bonds is 9. The van der Waals surface area contributed by atoms with E-state index in [1.807, 2.05) is 33.8 Å². The van der Waals surface area contributed by atoms with Crippen LogP contribution in [0.15, 0.2) is 72.1 Å². The van der Waals surface area contributed by atoms with Crippen LogP contribution in [0.4, 0.5) is 0 Å². The largest absolute Gasteiger partial charge is 0.351 e. The number of tetrazole rings is 1. The first kappa shape index (κ1) is 22.3. The quantitative estimate of drug-likeness (QED) is 0.368. The Labute approximate surface area is 202 Å². The summed E-state index contributed by atoms with van der Waals surface area (Å²) in [5.74, 6) is 0.257. The molecule has 4 aromatic rings. The predicted molar refractivity (Wildman–Crippen MR) is 131 cm³/mol. The van der Waals surface area contributed by atoms with E-state index in [0.29, 0.717) is 12.6 Å². The summed E-state index contributed by atoms with van der Waals surface area (Å²) >= 11 is 1.39. The number of carbonyl (C=O) groups is 1. The van der Waals surface area contributed by atoms with Crippen molar-refractivity contribution in [1.29, 1.82) is 0 Å². The molecule has 1 saturated carbocycles. The Kier molecular flexibility index (Phi) is 6.99. The fraction of sp³-hybridized carbons (Fsp3) is 0.320. The Balaban J connectivity index is 1.18. The van der Waals surface area contributed by atoms with E-state index >= 15 is 0 Å². The van der Waals surface area contributed by atoms with Crippen molar-refractivity contribution in [3.8, 4) is 11.1 Å². The van der Waals surface area contributed by atoms with Gasteiger partial charge in [0.1, 0.15) is 0 Å². The van der Waals surface area contributed by atoms with Crippen LogP contribution in [0.25, 0.3) is 11.1 Å². The van der Waals surface area contributed by atoms with Crippen molar-refractivity contribution in [1.82, 2.24) is 35.3 Å². The maximum atomic E-state index is 12.6. The smallest absolute Gasteiger partial charge is 0.230 e. The zero-order valence-corrected chi connectivity index (χ0v) is 19.7. The lowest BCUT2D eigenvalue weighted by Crippen LogP contribution is -2.25. The Morgan fingerprint density at radius 3 is 2.68 bits per heavy atom. The van der Waals surface area contributed by atoms with Gasteiger partial charge in [0.25, 0.3) is 0 Å². The molecule has 34 heavy (non-hydrogen) atoms. The number of amides is 1. The van der Waals surface area contributed by atoms with Crippen molar-refractivity contribution in [2.45, 2.75) is 50.0 Å². The molecule has 174 valence electrons. The van der Waals surface area contributed by atoms with Gasteiger partial charge in [-0.05, 0) is 51.6 Å². The normalized spacial score (nSPS) is 13.9. The molecule has 2 aromatic heterocycles. The molecule has 0 saturated heterocycles. The minimum Gasteiger partial charge on any atom is -0.351 e. The molecule has 1 aliphatic carbocycles. The van der Waals surface area contributed by atoms with E-state index in [4.69, 9.17) is 0 Å². The summed E-state index contributed by atoms with van der Waals surface area (Å²) in [6.07, 6.45) is 8.37. The highest BCUT2D eigenvalue weighted by Crippen LogP contribution is 2.31. The third-order valence-electron chi connectivity index (χ3n) is 6.13. The van der Waals surface area contributed by atoms with Gasteiger partial charge in [0.05, 0.1) is 18.3 Å². The van der Waals surface area contributed by atoms with Crippen LogP contribution < -0.4 is 5.32 Å². The summed E-state index contributed by atoms with van der Waals surface area (Å²) in [7, 11) is 0. The van der Waals surface area contributed by atoms with E-state index in [1.165, 1.54) is 30.2 Å². The lowest BCUT2D eigenvalue weighted by Gasteiger charge is -2.12. The van der Waals surface area contributed by atoms with Gasteiger partial charge in [-0.3, -0.25) is 9.48 Å². The van der Waals surface area contributed by atoms with E-state index in [9.17, 15) is 4.79 Å². The van der Waals surface area contributed by atoms with Crippen molar-refractivity contribution in [3.63, 3.8) is 0 Å². The van der Waals surface area contributed by atoms with E-state index in [2.05, 4.69) is 62.3 Å². The third kappa shape index (κ3) is 5.36. The van der Waals surface area contributed by atoms with Gasteiger partial charge in [-0.1, -0.05) is 73.1 Å². The molecule has 1 amide bonds. The van der Waals surface area contributed by atoms with Crippen molar-refractivity contribution >= 4 is 17.7 Å². The molecular formula is C25H27N7OS. The van der Waals surface area contributed by atoms with Crippen LogP contribution >= 0.6 is 11.8 Å². The van der Waals surface area contributed by atoms with Gasteiger partial charge in [-0.15, -0.1) is 5.10 Å². The highest BCUT2D eigenvalue weighted by molar-refractivity contribution is 7.99. The number of aromatic nitrogens is 6. The Morgan fingerprint density at radius 1 is 1.06 bits per heavy atom. The molecule has 2 aromatic carbocycles. The van der Waals surface area contributed by atoms with Crippen molar-refractivity contribution in [2.75, 3.05) is 5.75 Å². The average molecular weight is 474 g/mol. The highest BCUT2D eigenvalue weighted by atomic mass is 32.2. The Hall–Kier alpha value is -3.46. The number of carbonyl (C=O) groups excluding carboxylic acids is 1. The number of nitrogens with one attached hydrogen (secondary N) is 1. The Bertz CT molecular complexity index is 1210. The van der Waals surface area contributed by atoms with E-state index in [1.54, 1.807) is 6.20 Å². The van der Waals surface area contributed by atoms with Crippen LogP contribution in [0.1, 0.15) is 42.9 Å². The van der Waals surface area contributed by atoms with Gasteiger partial charge in [-0.25, -0.2) is 4.68 Å². The van der Waals surface area contributed by atoms with Gasteiger partial charge in [0, 0.05) is 18.9 Å². The number of hydrogen-bond donors (Lipinski definition) is 1. The zero-order valence-electron chi connectivity index (χ0n) is 18.9. The summed E-state index contributed by atoms with van der Waals surface area (Å²) in [4.78, 5) is 12.6. The number of nitrogens with zero attached hydrogens (tertiary/aromatic N) is 6. The molecule has 0 bridgehead atoms. The molecule has 2 heterocycles. The summed E-state index contributed by atoms with van der Waals surface area (Å²) in [6.45, 7) is 1.21. The van der Waals surface area contributed by atoms with Crippen LogP contribution in [0.3, 0.4) is 0 Å². The van der Waals surface area contributed by atoms with Crippen molar-refractivity contribution < 1.29 is 4.79 Å². The topological polar surface area (TPSA) is 90.5 Å². The molecule has 1 N–H and O–H groups in total. The van der Waals surface area contributed by atoms with Crippen LogP contribution in [0, 0.1) is 0 Å². The fourth-order valence-electron chi connectivity index (χ4n) is 4.36. The lowest BCUT2D eigenvalue weighted by molar-refractivity contribution is -0.118. The number of benzene rings is 2. The maximum absolute atomic E-state index is 12.6. The molecule has 0 spiro atoms. The first-order valence-corrected chi connectivity index (χ1v) is 12.6. The first-order valence-electron chi connectivity index (χ1n) is 11.6. The molecule has 0 atom stereocenters. The van der Waals surface area contributed by atoms with E-state index in [-0.39, 0.29) is 11.7 Å². The van der Waals surface area contributed by atoms with Gasteiger partial charge in [0.2, 0.25) is 11.1 Å². The zero-order chi connectivity index (χ0) is 23.2. The number of thioether (sulfide) groups is 1. The summed E-state index contributed by atoms with van der Waals surface area (Å²) < 4.78 is 3.79. The SMILES string of the molecule is O=C(CSc1nnnn1C1CCCC1)NCc1ccccc1-c1ccc(Cn2cccn2)cc1. The second-order valence-corrected chi connectivity index (χ2v) is 9.41. The maximum Gasteiger partial charge on any atom is 0.230 e. The second-order valence-electron chi connectivity index (χ2n) is 8.47. The molecule has 0 unspecified atom stereocenters. The summed E-state index contributed by atoms with van der Waals surface area (Å²) in [5.41, 5.74) is 4.51. The fourth-order valence-corrected chi connectivity index (χ4v) is 5.13. The molecular weight excluding hydrogens is 446 g/mol. The molecule has 9 heteroatoms. The average Bonchev–Trinajstić information content (AvgIpc) is 3.65. The molecule has 0 radical (unpaired) electrons. The summed E-state index contributed by atoms with van der Waals surface area (Å²) in [6, 6.07) is 19.0. The van der Waals surface area contributed by atoms with Crippen molar-refractivity contribution in [3.05, 3.63) is 78.1 Å². The minimum absolute atomic E-state index is 0.0321. The molecule has 8 nitrogen and oxygen atoms in total. The van der Waals surface area contributed by atoms with Gasteiger partial charge >= 0.3 is 0 Å². The molecule has 5 rings (SSSR count). The monoisotopic (exact) mass is 473 g/mol. The summed E-state index contributed by atoms with van der Waals surface area (Å²) in [5, 5.41) is 20.1. The first-order chi connectivity index (χ1) is 16.8. The molecule has 1 aliphatic rings.